The highest BCUT2D eigenvalue weighted by molar-refractivity contribution is 7.99. The summed E-state index contributed by atoms with van der Waals surface area (Å²) in [6, 6.07) is 3.94. The summed E-state index contributed by atoms with van der Waals surface area (Å²) in [5, 5.41) is 0.380. The van der Waals surface area contributed by atoms with Crippen LogP contribution in [0.4, 0.5) is 0 Å². The Balaban J connectivity index is 1.86. The number of nitrogens with zero attached hydrogens (tertiary/aromatic N) is 1. The molecule has 0 saturated carbocycles. The highest BCUT2D eigenvalue weighted by atomic mass is 35.5. The van der Waals surface area contributed by atoms with Crippen molar-refractivity contribution >= 4 is 29.3 Å². The molecule has 0 spiro atoms. The number of carbonyl (C=O) groups is 1. The van der Waals surface area contributed by atoms with Gasteiger partial charge in [0.25, 0.3) is 0 Å². The maximum atomic E-state index is 11.9. The van der Waals surface area contributed by atoms with Gasteiger partial charge in [0.1, 0.15) is 5.76 Å². The van der Waals surface area contributed by atoms with Gasteiger partial charge in [-0.25, -0.2) is 0 Å². The Morgan fingerprint density at radius 3 is 3.17 bits per heavy atom. The molecule has 1 amide bonds. The molecule has 1 fully saturated rings. The number of alkyl halides is 1. The molecule has 0 aromatic carbocycles. The van der Waals surface area contributed by atoms with Gasteiger partial charge >= 0.3 is 0 Å². The zero-order valence-electron chi connectivity index (χ0n) is 10.3. The lowest BCUT2D eigenvalue weighted by molar-refractivity contribution is -0.131. The van der Waals surface area contributed by atoms with Crippen LogP contribution in [-0.2, 0) is 4.79 Å². The summed E-state index contributed by atoms with van der Waals surface area (Å²) in [6.45, 7) is 1.66. The molecule has 0 radical (unpaired) electrons. The van der Waals surface area contributed by atoms with Gasteiger partial charge in [-0.3, -0.25) is 4.79 Å². The molecule has 0 N–H and O–H groups in total. The monoisotopic (exact) mass is 287 g/mol. The Hall–Kier alpha value is -0.610. The molecule has 1 aromatic rings. The zero-order chi connectivity index (χ0) is 12.8. The van der Waals surface area contributed by atoms with Gasteiger partial charge in [0.15, 0.2) is 0 Å². The molecule has 18 heavy (non-hydrogen) atoms. The predicted molar refractivity (Wildman–Crippen MR) is 75.1 cm³/mol. The molecule has 100 valence electrons. The molecule has 1 unspecified atom stereocenters. The second kappa shape index (κ2) is 7.10. The third kappa shape index (κ3) is 3.69. The van der Waals surface area contributed by atoms with Crippen LogP contribution in [0, 0.1) is 0 Å². The maximum Gasteiger partial charge on any atom is 0.222 e. The predicted octanol–water partition coefficient (Wildman–Crippen LogP) is 3.31. The van der Waals surface area contributed by atoms with Crippen LogP contribution in [0.3, 0.4) is 0 Å². The third-order valence-corrected chi connectivity index (χ3v) is 4.63. The Bertz CT molecular complexity index is 369. The van der Waals surface area contributed by atoms with Crippen LogP contribution in [0.5, 0.6) is 0 Å². The second-order valence-corrected chi connectivity index (χ2v) is 6.03. The lowest BCUT2D eigenvalue weighted by Crippen LogP contribution is -2.32. The van der Waals surface area contributed by atoms with E-state index in [9.17, 15) is 4.79 Å². The Morgan fingerprint density at radius 2 is 2.44 bits per heavy atom. The summed E-state index contributed by atoms with van der Waals surface area (Å²) >= 11 is 7.49. The first-order valence-corrected chi connectivity index (χ1v) is 7.88. The van der Waals surface area contributed by atoms with Crippen LogP contribution < -0.4 is 0 Å². The van der Waals surface area contributed by atoms with Gasteiger partial charge in [0, 0.05) is 31.1 Å². The first-order chi connectivity index (χ1) is 8.81. The van der Waals surface area contributed by atoms with Crippen molar-refractivity contribution in [3.05, 3.63) is 24.2 Å². The van der Waals surface area contributed by atoms with Gasteiger partial charge in [0.2, 0.25) is 5.91 Å². The molecule has 1 aromatic heterocycles. The first kappa shape index (κ1) is 13.8. The molecular weight excluding hydrogens is 270 g/mol. The Morgan fingerprint density at radius 1 is 1.56 bits per heavy atom. The fourth-order valence-electron chi connectivity index (χ4n) is 2.10. The van der Waals surface area contributed by atoms with Crippen LogP contribution in [0.25, 0.3) is 0 Å². The fraction of sp³-hybridized carbons (Fsp3) is 0.615. The van der Waals surface area contributed by atoms with E-state index in [1.807, 2.05) is 28.8 Å². The summed E-state index contributed by atoms with van der Waals surface area (Å²) in [5.74, 6) is 2.79. The maximum absolute atomic E-state index is 11.9. The molecule has 5 heteroatoms. The Kier molecular flexibility index (Phi) is 5.45. The molecule has 1 saturated heterocycles. The number of hydrogen-bond donors (Lipinski definition) is 0. The first-order valence-electron chi connectivity index (χ1n) is 6.30. The minimum absolute atomic E-state index is 0.233. The third-order valence-electron chi connectivity index (χ3n) is 3.08. The molecule has 2 rings (SSSR count). The molecule has 1 aliphatic rings. The highest BCUT2D eigenvalue weighted by Gasteiger charge is 2.22. The summed E-state index contributed by atoms with van der Waals surface area (Å²) in [7, 11) is 0. The summed E-state index contributed by atoms with van der Waals surface area (Å²) < 4.78 is 5.45. The summed E-state index contributed by atoms with van der Waals surface area (Å²) in [4.78, 5) is 13.9. The van der Waals surface area contributed by atoms with Crippen molar-refractivity contribution in [1.82, 2.24) is 4.90 Å². The standard InChI is InChI=1S/C13H18ClNO2S/c14-6-1-4-13(16)15-7-5-12(18-10-8-15)11-3-2-9-17-11/h2-3,9,12H,1,4-8,10H2. The number of halogens is 1. The smallest absolute Gasteiger partial charge is 0.222 e. The van der Waals surface area contributed by atoms with Crippen LogP contribution in [0.1, 0.15) is 30.3 Å². The van der Waals surface area contributed by atoms with Crippen LogP contribution in [0.15, 0.2) is 22.8 Å². The second-order valence-electron chi connectivity index (χ2n) is 4.34. The van der Waals surface area contributed by atoms with Gasteiger partial charge in [-0.15, -0.1) is 23.4 Å². The molecule has 3 nitrogen and oxygen atoms in total. The molecule has 1 atom stereocenters. The van der Waals surface area contributed by atoms with Crippen LogP contribution >= 0.6 is 23.4 Å². The van der Waals surface area contributed by atoms with E-state index in [-0.39, 0.29) is 5.91 Å². The van der Waals surface area contributed by atoms with E-state index >= 15 is 0 Å². The van der Waals surface area contributed by atoms with E-state index in [1.165, 1.54) is 0 Å². The van der Waals surface area contributed by atoms with E-state index in [0.29, 0.717) is 17.6 Å². The molecule has 0 bridgehead atoms. The zero-order valence-corrected chi connectivity index (χ0v) is 11.9. The molecular formula is C13H18ClNO2S. The lowest BCUT2D eigenvalue weighted by atomic mass is 10.2. The lowest BCUT2D eigenvalue weighted by Gasteiger charge is -2.19. The van der Waals surface area contributed by atoms with E-state index in [2.05, 4.69) is 0 Å². The number of carbonyl (C=O) groups excluding carboxylic acids is 1. The number of rotatable bonds is 4. The van der Waals surface area contributed by atoms with E-state index in [4.69, 9.17) is 16.0 Å². The fourth-order valence-corrected chi connectivity index (χ4v) is 3.41. The number of hydrogen-bond acceptors (Lipinski definition) is 3. The number of amides is 1. The van der Waals surface area contributed by atoms with Crippen molar-refractivity contribution in [2.45, 2.75) is 24.5 Å². The van der Waals surface area contributed by atoms with Crippen molar-refractivity contribution in [3.8, 4) is 0 Å². The average Bonchev–Trinajstić information content (AvgIpc) is 2.80. The van der Waals surface area contributed by atoms with Gasteiger partial charge in [-0.2, -0.15) is 0 Å². The van der Waals surface area contributed by atoms with Gasteiger partial charge in [0.05, 0.1) is 11.5 Å². The molecule has 1 aliphatic heterocycles. The van der Waals surface area contributed by atoms with E-state index < -0.39 is 0 Å². The largest absolute Gasteiger partial charge is 0.468 e. The number of furan rings is 1. The van der Waals surface area contributed by atoms with Crippen molar-refractivity contribution in [1.29, 1.82) is 0 Å². The van der Waals surface area contributed by atoms with E-state index in [0.717, 1.165) is 37.4 Å². The average molecular weight is 288 g/mol. The number of thioether (sulfide) groups is 1. The quantitative estimate of drug-likeness (QED) is 0.797. The summed E-state index contributed by atoms with van der Waals surface area (Å²) in [5.41, 5.74) is 0. The highest BCUT2D eigenvalue weighted by Crippen LogP contribution is 2.34. The van der Waals surface area contributed by atoms with Crippen molar-refractivity contribution in [3.63, 3.8) is 0 Å². The van der Waals surface area contributed by atoms with Gasteiger partial charge in [-0.05, 0) is 25.0 Å². The molecule has 2 heterocycles. The minimum Gasteiger partial charge on any atom is -0.468 e. The van der Waals surface area contributed by atoms with Crippen LogP contribution in [0.2, 0.25) is 0 Å². The van der Waals surface area contributed by atoms with Crippen molar-refractivity contribution in [2.24, 2.45) is 0 Å². The van der Waals surface area contributed by atoms with Gasteiger partial charge < -0.3 is 9.32 Å². The van der Waals surface area contributed by atoms with E-state index in [1.54, 1.807) is 6.26 Å². The van der Waals surface area contributed by atoms with Crippen molar-refractivity contribution in [2.75, 3.05) is 24.7 Å². The van der Waals surface area contributed by atoms with Crippen molar-refractivity contribution < 1.29 is 9.21 Å². The molecule has 0 aliphatic carbocycles. The SMILES string of the molecule is O=C(CCCCl)N1CCSC(c2ccco2)CC1. The minimum atomic E-state index is 0.233. The summed E-state index contributed by atoms with van der Waals surface area (Å²) in [6.07, 6.45) is 4.01. The normalized spacial score (nSPS) is 20.7. The van der Waals surface area contributed by atoms with Crippen LogP contribution in [-0.4, -0.2) is 35.5 Å². The Labute approximate surface area is 117 Å². The van der Waals surface area contributed by atoms with Gasteiger partial charge in [-0.1, -0.05) is 0 Å². The topological polar surface area (TPSA) is 33.5 Å².